The molecule has 0 spiro atoms. The molecule has 1 atom stereocenters. The zero-order valence-electron chi connectivity index (χ0n) is 16.9. The highest BCUT2D eigenvalue weighted by atomic mass is 32.2. The van der Waals surface area contributed by atoms with Crippen molar-refractivity contribution in [2.75, 3.05) is 11.9 Å². The van der Waals surface area contributed by atoms with E-state index in [0.717, 1.165) is 33.2 Å². The van der Waals surface area contributed by atoms with E-state index < -0.39 is 40.8 Å². The normalized spacial score (nSPS) is 11.9. The Labute approximate surface area is 172 Å². The van der Waals surface area contributed by atoms with E-state index in [1.807, 2.05) is 27.7 Å². The molecule has 0 bridgehead atoms. The van der Waals surface area contributed by atoms with Crippen LogP contribution in [0.15, 0.2) is 23.1 Å². The van der Waals surface area contributed by atoms with Gasteiger partial charge in [0.1, 0.15) is 0 Å². The Morgan fingerprint density at radius 1 is 1.00 bits per heavy atom. The monoisotopic (exact) mass is 424 g/mol. The third-order valence-corrected chi connectivity index (χ3v) is 6.11. The number of carbonyl (C=O) groups is 2. The molecule has 2 rings (SSSR count). The van der Waals surface area contributed by atoms with Crippen molar-refractivity contribution in [3.63, 3.8) is 0 Å². The first kappa shape index (κ1) is 22.8. The highest BCUT2D eigenvalue weighted by molar-refractivity contribution is 8.00. The first-order valence-corrected chi connectivity index (χ1v) is 9.86. The first-order chi connectivity index (χ1) is 13.5. The molecule has 1 unspecified atom stereocenters. The third-order valence-electron chi connectivity index (χ3n) is 4.69. The number of nitrogens with one attached hydrogen (secondary N) is 2. The van der Waals surface area contributed by atoms with Gasteiger partial charge in [0.2, 0.25) is 11.8 Å². The van der Waals surface area contributed by atoms with Gasteiger partial charge in [-0.1, -0.05) is 6.07 Å². The summed E-state index contributed by atoms with van der Waals surface area (Å²) < 4.78 is 39.8. The number of thioether (sulfide) groups is 1. The SMILES string of the molecule is Cc1cc(C)c(C)c(SC(C)C(=O)NCC(=O)Nc2ccc(F)c(F)c2F)c1C. The lowest BCUT2D eigenvalue weighted by Crippen LogP contribution is -2.37. The molecule has 2 N–H and O–H groups in total. The van der Waals surface area contributed by atoms with Crippen molar-refractivity contribution in [3.05, 3.63) is 57.9 Å². The van der Waals surface area contributed by atoms with Crippen LogP contribution in [0.3, 0.4) is 0 Å². The number of amides is 2. The smallest absolute Gasteiger partial charge is 0.243 e. The molecule has 2 aromatic rings. The Morgan fingerprint density at radius 3 is 2.17 bits per heavy atom. The summed E-state index contributed by atoms with van der Waals surface area (Å²) in [5.41, 5.74) is 3.98. The average molecular weight is 424 g/mol. The Morgan fingerprint density at radius 2 is 1.59 bits per heavy atom. The summed E-state index contributed by atoms with van der Waals surface area (Å²) in [7, 11) is 0. The van der Waals surface area contributed by atoms with E-state index in [4.69, 9.17) is 0 Å². The predicted octanol–water partition coefficient (Wildman–Crippen LogP) is 4.57. The van der Waals surface area contributed by atoms with Crippen LogP contribution in [-0.2, 0) is 9.59 Å². The second-order valence-corrected chi connectivity index (χ2v) is 8.19. The number of carbonyl (C=O) groups excluding carboxylic acids is 2. The van der Waals surface area contributed by atoms with Crippen LogP contribution in [-0.4, -0.2) is 23.6 Å². The molecule has 8 heteroatoms. The summed E-state index contributed by atoms with van der Waals surface area (Å²) in [4.78, 5) is 25.3. The van der Waals surface area contributed by atoms with E-state index in [0.29, 0.717) is 6.07 Å². The van der Waals surface area contributed by atoms with E-state index >= 15 is 0 Å². The molecule has 0 saturated carbocycles. The van der Waals surface area contributed by atoms with Crippen LogP contribution in [0.4, 0.5) is 18.9 Å². The van der Waals surface area contributed by atoms with Crippen molar-refractivity contribution < 1.29 is 22.8 Å². The van der Waals surface area contributed by atoms with E-state index in [-0.39, 0.29) is 5.91 Å². The van der Waals surface area contributed by atoms with Gasteiger partial charge in [-0.3, -0.25) is 9.59 Å². The largest absolute Gasteiger partial charge is 0.346 e. The molecule has 0 aliphatic carbocycles. The number of aryl methyl sites for hydroxylation is 2. The fourth-order valence-corrected chi connectivity index (χ4v) is 3.94. The fourth-order valence-electron chi connectivity index (χ4n) is 2.72. The number of anilines is 1. The van der Waals surface area contributed by atoms with Gasteiger partial charge in [-0.05, 0) is 69.0 Å². The Hall–Kier alpha value is -2.48. The van der Waals surface area contributed by atoms with E-state index in [9.17, 15) is 22.8 Å². The average Bonchev–Trinajstić information content (AvgIpc) is 2.68. The van der Waals surface area contributed by atoms with E-state index in [1.165, 1.54) is 11.8 Å². The summed E-state index contributed by atoms with van der Waals surface area (Å²) in [5.74, 6) is -5.63. The quantitative estimate of drug-likeness (QED) is 0.528. The lowest BCUT2D eigenvalue weighted by Gasteiger charge is -2.18. The van der Waals surface area contributed by atoms with Crippen molar-refractivity contribution in [1.82, 2.24) is 5.32 Å². The molecule has 0 saturated heterocycles. The summed E-state index contributed by atoms with van der Waals surface area (Å²) in [5, 5.41) is 4.12. The van der Waals surface area contributed by atoms with Crippen LogP contribution in [0.5, 0.6) is 0 Å². The lowest BCUT2D eigenvalue weighted by atomic mass is 10.0. The minimum Gasteiger partial charge on any atom is -0.346 e. The molecule has 156 valence electrons. The van der Waals surface area contributed by atoms with Gasteiger partial charge in [0.05, 0.1) is 17.5 Å². The van der Waals surface area contributed by atoms with Gasteiger partial charge in [-0.15, -0.1) is 11.8 Å². The van der Waals surface area contributed by atoms with Gasteiger partial charge in [0.15, 0.2) is 17.5 Å². The summed E-state index contributed by atoms with van der Waals surface area (Å²) >= 11 is 1.40. The van der Waals surface area contributed by atoms with Crippen molar-refractivity contribution in [2.24, 2.45) is 0 Å². The van der Waals surface area contributed by atoms with Gasteiger partial charge >= 0.3 is 0 Å². The molecule has 0 aliphatic rings. The topological polar surface area (TPSA) is 58.2 Å². The Balaban J connectivity index is 1.97. The molecule has 2 amide bonds. The molecule has 0 heterocycles. The van der Waals surface area contributed by atoms with Crippen LogP contribution in [0, 0.1) is 45.1 Å². The van der Waals surface area contributed by atoms with Crippen LogP contribution < -0.4 is 10.6 Å². The molecular formula is C21H23F3N2O2S. The van der Waals surface area contributed by atoms with Gasteiger partial charge in [0.25, 0.3) is 0 Å². The maximum atomic E-state index is 13.6. The molecule has 0 aromatic heterocycles. The number of rotatable bonds is 6. The summed E-state index contributed by atoms with van der Waals surface area (Å²) in [6.07, 6.45) is 0. The third kappa shape index (κ3) is 5.32. The number of halogens is 3. The van der Waals surface area contributed by atoms with E-state index in [1.54, 1.807) is 6.92 Å². The van der Waals surface area contributed by atoms with Gasteiger partial charge in [-0.2, -0.15) is 0 Å². The van der Waals surface area contributed by atoms with Crippen molar-refractivity contribution in [1.29, 1.82) is 0 Å². The molecule has 0 fully saturated rings. The minimum atomic E-state index is -1.67. The van der Waals surface area contributed by atoms with Crippen LogP contribution in [0.2, 0.25) is 0 Å². The molecule has 0 aliphatic heterocycles. The Kier molecular flexibility index (Phi) is 7.35. The fraction of sp³-hybridized carbons (Fsp3) is 0.333. The minimum absolute atomic E-state index is 0.367. The maximum Gasteiger partial charge on any atom is 0.243 e. The van der Waals surface area contributed by atoms with Gasteiger partial charge < -0.3 is 10.6 Å². The van der Waals surface area contributed by atoms with Crippen LogP contribution >= 0.6 is 11.8 Å². The van der Waals surface area contributed by atoms with Gasteiger partial charge in [-0.25, -0.2) is 13.2 Å². The lowest BCUT2D eigenvalue weighted by molar-refractivity contribution is -0.123. The van der Waals surface area contributed by atoms with Crippen LogP contribution in [0.1, 0.15) is 29.2 Å². The number of benzene rings is 2. The number of hydrogen-bond donors (Lipinski definition) is 2. The van der Waals surface area contributed by atoms with Crippen molar-refractivity contribution in [2.45, 2.75) is 44.8 Å². The molecular weight excluding hydrogens is 401 g/mol. The zero-order chi connectivity index (χ0) is 21.9. The Bertz CT molecular complexity index is 937. The van der Waals surface area contributed by atoms with E-state index in [2.05, 4.69) is 16.7 Å². The predicted molar refractivity (Wildman–Crippen MR) is 109 cm³/mol. The zero-order valence-corrected chi connectivity index (χ0v) is 17.7. The molecule has 0 radical (unpaired) electrons. The summed E-state index contributed by atoms with van der Waals surface area (Å²) in [6, 6.07) is 3.72. The molecule has 4 nitrogen and oxygen atoms in total. The van der Waals surface area contributed by atoms with Gasteiger partial charge in [0, 0.05) is 4.90 Å². The summed E-state index contributed by atoms with van der Waals surface area (Å²) in [6.45, 7) is 9.32. The standard InChI is InChI=1S/C21H23F3N2O2S/c1-10-8-11(2)13(4)20(12(10)3)29-14(5)21(28)25-9-17(27)26-16-7-6-15(22)18(23)19(16)24/h6-8,14H,9H2,1-5H3,(H,25,28)(H,26,27). The van der Waals surface area contributed by atoms with Crippen molar-refractivity contribution >= 4 is 29.3 Å². The highest BCUT2D eigenvalue weighted by Gasteiger charge is 2.20. The second-order valence-electron chi connectivity index (χ2n) is 6.84. The molecule has 2 aromatic carbocycles. The first-order valence-electron chi connectivity index (χ1n) is 8.98. The second kappa shape index (κ2) is 9.35. The number of hydrogen-bond acceptors (Lipinski definition) is 3. The molecule has 29 heavy (non-hydrogen) atoms. The van der Waals surface area contributed by atoms with Crippen molar-refractivity contribution in [3.8, 4) is 0 Å². The maximum absolute atomic E-state index is 13.6. The van der Waals surface area contributed by atoms with Crippen LogP contribution in [0.25, 0.3) is 0 Å². The highest BCUT2D eigenvalue weighted by Crippen LogP contribution is 2.33.